The highest BCUT2D eigenvalue weighted by atomic mass is 32.2. The molecule has 2 aliphatic heterocycles. The number of carbonyl (C=O) groups is 1. The molecule has 0 aromatic heterocycles. The summed E-state index contributed by atoms with van der Waals surface area (Å²) in [7, 11) is -1.96. The maximum absolute atomic E-state index is 13.4. The molecule has 0 N–H and O–H groups in total. The maximum atomic E-state index is 13.4. The van der Waals surface area contributed by atoms with Gasteiger partial charge in [0.05, 0.1) is 17.7 Å². The summed E-state index contributed by atoms with van der Waals surface area (Å²) in [5, 5.41) is 0. The molecule has 1 fully saturated rings. The van der Waals surface area contributed by atoms with E-state index in [-0.39, 0.29) is 10.8 Å². The lowest BCUT2D eigenvalue weighted by atomic mass is 9.95. The molecule has 0 atom stereocenters. The zero-order valence-electron chi connectivity index (χ0n) is 16.8. The fraction of sp³-hybridized carbons (Fsp3) is 0.409. The SMILES string of the molecule is COc1ccc(C)c2c1N(C(=O)c1cccc(S(=O)(=O)N3CCCC3)c1)CCC2. The van der Waals surface area contributed by atoms with Crippen LogP contribution in [0.2, 0.25) is 0 Å². The molecule has 2 heterocycles. The van der Waals surface area contributed by atoms with Crippen LogP contribution >= 0.6 is 0 Å². The van der Waals surface area contributed by atoms with Crippen LogP contribution in [-0.2, 0) is 16.4 Å². The van der Waals surface area contributed by atoms with E-state index < -0.39 is 10.0 Å². The third kappa shape index (κ3) is 3.53. The third-order valence-electron chi connectivity index (χ3n) is 5.81. The minimum atomic E-state index is -3.57. The van der Waals surface area contributed by atoms with Crippen LogP contribution in [0.4, 0.5) is 5.69 Å². The van der Waals surface area contributed by atoms with Crippen LogP contribution in [0.3, 0.4) is 0 Å². The number of rotatable bonds is 4. The van der Waals surface area contributed by atoms with Crippen LogP contribution in [0, 0.1) is 6.92 Å². The van der Waals surface area contributed by atoms with Crippen molar-refractivity contribution in [3.05, 3.63) is 53.1 Å². The Bertz CT molecular complexity index is 1040. The number of ether oxygens (including phenoxy) is 1. The second-order valence-electron chi connectivity index (χ2n) is 7.61. The van der Waals surface area contributed by atoms with Crippen molar-refractivity contribution in [1.82, 2.24) is 4.31 Å². The Hall–Kier alpha value is -2.38. The summed E-state index contributed by atoms with van der Waals surface area (Å²) in [5.41, 5.74) is 3.42. The summed E-state index contributed by atoms with van der Waals surface area (Å²) in [5.74, 6) is 0.466. The van der Waals surface area contributed by atoms with Crippen molar-refractivity contribution < 1.29 is 17.9 Å². The van der Waals surface area contributed by atoms with Crippen molar-refractivity contribution in [2.45, 2.75) is 37.5 Å². The molecular weight excluding hydrogens is 388 g/mol. The Morgan fingerprint density at radius 1 is 1.03 bits per heavy atom. The van der Waals surface area contributed by atoms with Gasteiger partial charge in [-0.15, -0.1) is 0 Å². The molecule has 0 radical (unpaired) electrons. The number of nitrogens with zero attached hydrogens (tertiary/aromatic N) is 2. The van der Waals surface area contributed by atoms with E-state index in [4.69, 9.17) is 4.74 Å². The van der Waals surface area contributed by atoms with Gasteiger partial charge in [0.2, 0.25) is 10.0 Å². The van der Waals surface area contributed by atoms with Crippen LogP contribution in [-0.4, -0.2) is 45.4 Å². The molecule has 2 aromatic carbocycles. The first kappa shape index (κ1) is 19.9. The Labute approximate surface area is 172 Å². The molecular formula is C22H26N2O4S. The fourth-order valence-electron chi connectivity index (χ4n) is 4.24. The summed E-state index contributed by atoms with van der Waals surface area (Å²) in [6.45, 7) is 3.69. The molecule has 1 saturated heterocycles. The van der Waals surface area contributed by atoms with E-state index in [9.17, 15) is 13.2 Å². The third-order valence-corrected chi connectivity index (χ3v) is 7.70. The Morgan fingerprint density at radius 3 is 2.52 bits per heavy atom. The number of carbonyl (C=O) groups excluding carboxylic acids is 1. The maximum Gasteiger partial charge on any atom is 0.258 e. The van der Waals surface area contributed by atoms with Crippen molar-refractivity contribution in [3.63, 3.8) is 0 Å². The lowest BCUT2D eigenvalue weighted by Crippen LogP contribution is -2.36. The number of hydrogen-bond acceptors (Lipinski definition) is 4. The highest BCUT2D eigenvalue weighted by Crippen LogP contribution is 2.39. The summed E-state index contributed by atoms with van der Waals surface area (Å²) < 4.78 is 32.9. The number of fused-ring (bicyclic) bond motifs is 1. The number of amides is 1. The lowest BCUT2D eigenvalue weighted by molar-refractivity contribution is 0.0984. The summed E-state index contributed by atoms with van der Waals surface area (Å²) in [6, 6.07) is 10.3. The number of sulfonamides is 1. The van der Waals surface area contributed by atoms with Gasteiger partial charge in [0, 0.05) is 25.2 Å². The van der Waals surface area contributed by atoms with E-state index >= 15 is 0 Å². The van der Waals surface area contributed by atoms with Crippen molar-refractivity contribution in [2.24, 2.45) is 0 Å². The highest BCUT2D eigenvalue weighted by Gasteiger charge is 2.30. The summed E-state index contributed by atoms with van der Waals surface area (Å²) in [4.78, 5) is 15.3. The molecule has 7 heteroatoms. The molecule has 0 bridgehead atoms. The molecule has 6 nitrogen and oxygen atoms in total. The largest absolute Gasteiger partial charge is 0.495 e. The number of hydrogen-bond donors (Lipinski definition) is 0. The first-order chi connectivity index (χ1) is 13.9. The van der Waals surface area contributed by atoms with Gasteiger partial charge >= 0.3 is 0 Å². The second kappa shape index (κ2) is 7.80. The average molecular weight is 415 g/mol. The number of anilines is 1. The Balaban J connectivity index is 1.72. The fourth-order valence-corrected chi connectivity index (χ4v) is 5.81. The molecule has 0 aliphatic carbocycles. The van der Waals surface area contributed by atoms with Crippen LogP contribution in [0.25, 0.3) is 0 Å². The monoisotopic (exact) mass is 414 g/mol. The molecule has 4 rings (SSSR count). The molecule has 0 spiro atoms. The van der Waals surface area contributed by atoms with Gasteiger partial charge in [0.15, 0.2) is 0 Å². The van der Waals surface area contributed by atoms with Gasteiger partial charge in [0.25, 0.3) is 5.91 Å². The van der Waals surface area contributed by atoms with Gasteiger partial charge in [-0.3, -0.25) is 4.79 Å². The zero-order chi connectivity index (χ0) is 20.6. The van der Waals surface area contributed by atoms with Gasteiger partial charge in [-0.2, -0.15) is 4.31 Å². The molecule has 2 aliphatic rings. The minimum Gasteiger partial charge on any atom is -0.495 e. The van der Waals surface area contributed by atoms with E-state index in [2.05, 4.69) is 0 Å². The van der Waals surface area contributed by atoms with E-state index in [0.29, 0.717) is 30.9 Å². The molecule has 1 amide bonds. The number of benzene rings is 2. The van der Waals surface area contributed by atoms with Crippen molar-refractivity contribution in [2.75, 3.05) is 31.6 Å². The topological polar surface area (TPSA) is 66.9 Å². The quantitative estimate of drug-likeness (QED) is 0.769. The summed E-state index contributed by atoms with van der Waals surface area (Å²) >= 11 is 0. The van der Waals surface area contributed by atoms with Crippen molar-refractivity contribution >= 4 is 21.6 Å². The smallest absolute Gasteiger partial charge is 0.258 e. The van der Waals surface area contributed by atoms with Gasteiger partial charge in [-0.05, 0) is 68.0 Å². The van der Waals surface area contributed by atoms with Crippen molar-refractivity contribution in [1.29, 1.82) is 0 Å². The zero-order valence-corrected chi connectivity index (χ0v) is 17.7. The van der Waals surface area contributed by atoms with Crippen LogP contribution in [0.5, 0.6) is 5.75 Å². The average Bonchev–Trinajstić information content (AvgIpc) is 3.29. The predicted molar refractivity (Wildman–Crippen MR) is 112 cm³/mol. The van der Waals surface area contributed by atoms with Crippen LogP contribution in [0.1, 0.15) is 40.7 Å². The normalized spacial score (nSPS) is 17.2. The Kier molecular flexibility index (Phi) is 5.36. The van der Waals surface area contributed by atoms with Gasteiger partial charge in [0.1, 0.15) is 5.75 Å². The van der Waals surface area contributed by atoms with Crippen LogP contribution in [0.15, 0.2) is 41.3 Å². The molecule has 29 heavy (non-hydrogen) atoms. The summed E-state index contributed by atoms with van der Waals surface area (Å²) in [6.07, 6.45) is 3.51. The number of aryl methyl sites for hydroxylation is 1. The first-order valence-electron chi connectivity index (χ1n) is 10.0. The van der Waals surface area contributed by atoms with Crippen molar-refractivity contribution in [3.8, 4) is 5.75 Å². The van der Waals surface area contributed by atoms with E-state index in [1.54, 1.807) is 30.2 Å². The molecule has 0 unspecified atom stereocenters. The lowest BCUT2D eigenvalue weighted by Gasteiger charge is -2.32. The standard InChI is InChI=1S/C22H26N2O4S/c1-16-10-11-20(28-2)21-19(16)9-6-14-24(21)22(25)17-7-5-8-18(15-17)29(26,27)23-12-3-4-13-23/h5,7-8,10-11,15H,3-4,6,9,12-14H2,1-2H3. The molecule has 2 aromatic rings. The van der Waals surface area contributed by atoms with Gasteiger partial charge in [-0.25, -0.2) is 8.42 Å². The first-order valence-corrected chi connectivity index (χ1v) is 11.5. The molecule has 154 valence electrons. The number of methoxy groups -OCH3 is 1. The Morgan fingerprint density at radius 2 is 1.79 bits per heavy atom. The van der Waals surface area contributed by atoms with Crippen LogP contribution < -0.4 is 9.64 Å². The van der Waals surface area contributed by atoms with E-state index in [1.165, 1.54) is 10.4 Å². The predicted octanol–water partition coefficient (Wildman–Crippen LogP) is 3.38. The highest BCUT2D eigenvalue weighted by molar-refractivity contribution is 7.89. The molecule has 0 saturated carbocycles. The van der Waals surface area contributed by atoms with Gasteiger partial charge in [-0.1, -0.05) is 12.1 Å². The van der Waals surface area contributed by atoms with Gasteiger partial charge < -0.3 is 9.64 Å². The van der Waals surface area contributed by atoms with E-state index in [1.807, 2.05) is 19.1 Å². The second-order valence-corrected chi connectivity index (χ2v) is 9.55. The van der Waals surface area contributed by atoms with E-state index in [0.717, 1.165) is 42.5 Å². The minimum absolute atomic E-state index is 0.179.